The summed E-state index contributed by atoms with van der Waals surface area (Å²) in [4.78, 5) is 10.6. The highest BCUT2D eigenvalue weighted by atomic mass is 32.2. The van der Waals surface area contributed by atoms with Gasteiger partial charge in [-0.3, -0.25) is 4.79 Å². The van der Waals surface area contributed by atoms with Crippen LogP contribution >= 0.6 is 23.5 Å². The van der Waals surface area contributed by atoms with Gasteiger partial charge < -0.3 is 14.8 Å². The van der Waals surface area contributed by atoms with Crippen LogP contribution in [0, 0.1) is 5.92 Å². The summed E-state index contributed by atoms with van der Waals surface area (Å²) in [5.74, 6) is 0.936. The van der Waals surface area contributed by atoms with E-state index in [9.17, 15) is 9.90 Å². The molecule has 8 heteroatoms. The molecule has 0 saturated carbocycles. The number of aromatic nitrogens is 3. The fraction of sp³-hybridized carbons (Fsp3) is 0.700. The van der Waals surface area contributed by atoms with Crippen LogP contribution in [-0.2, 0) is 17.9 Å². The SMILES string of the molecule is CSCC(C)Cn1c(CO)nnc1SCC(=O)O. The number of nitrogens with zero attached hydrogens (tertiary/aromatic N) is 3. The second kappa shape index (κ2) is 7.65. The van der Waals surface area contributed by atoms with Gasteiger partial charge >= 0.3 is 5.97 Å². The quantitative estimate of drug-likeness (QED) is 0.689. The number of aliphatic hydroxyl groups excluding tert-OH is 1. The van der Waals surface area contributed by atoms with E-state index in [1.807, 2.05) is 6.26 Å². The van der Waals surface area contributed by atoms with E-state index in [2.05, 4.69) is 17.1 Å². The summed E-state index contributed by atoms with van der Waals surface area (Å²) in [6.07, 6.45) is 2.04. The van der Waals surface area contributed by atoms with Gasteiger partial charge in [-0.1, -0.05) is 18.7 Å². The molecule has 0 fully saturated rings. The van der Waals surface area contributed by atoms with Crippen LogP contribution in [0.3, 0.4) is 0 Å². The van der Waals surface area contributed by atoms with E-state index in [4.69, 9.17) is 5.11 Å². The normalized spacial score (nSPS) is 12.6. The first-order valence-electron chi connectivity index (χ1n) is 5.45. The Hall–Kier alpha value is -0.730. The van der Waals surface area contributed by atoms with Crippen LogP contribution in [0.2, 0.25) is 0 Å². The molecular weight excluding hydrogens is 274 g/mol. The van der Waals surface area contributed by atoms with Crippen LogP contribution in [0.25, 0.3) is 0 Å². The summed E-state index contributed by atoms with van der Waals surface area (Å²) in [6, 6.07) is 0. The topological polar surface area (TPSA) is 88.2 Å². The van der Waals surface area contributed by atoms with Crippen molar-refractivity contribution in [3.63, 3.8) is 0 Å². The molecule has 1 aromatic heterocycles. The van der Waals surface area contributed by atoms with E-state index in [-0.39, 0.29) is 12.4 Å². The lowest BCUT2D eigenvalue weighted by molar-refractivity contribution is -0.133. The van der Waals surface area contributed by atoms with Crippen LogP contribution in [-0.4, -0.2) is 48.7 Å². The Bertz CT molecular complexity index is 398. The first-order valence-corrected chi connectivity index (χ1v) is 7.82. The zero-order chi connectivity index (χ0) is 13.5. The van der Waals surface area contributed by atoms with Crippen molar-refractivity contribution < 1.29 is 15.0 Å². The molecule has 1 unspecified atom stereocenters. The van der Waals surface area contributed by atoms with Crippen molar-refractivity contribution in [3.8, 4) is 0 Å². The fourth-order valence-corrected chi connectivity index (χ4v) is 2.86. The minimum atomic E-state index is -0.891. The molecule has 0 amide bonds. The molecule has 1 rings (SSSR count). The molecule has 18 heavy (non-hydrogen) atoms. The summed E-state index contributed by atoms with van der Waals surface area (Å²) in [5.41, 5.74) is 0. The van der Waals surface area contributed by atoms with Gasteiger partial charge in [0.05, 0.1) is 5.75 Å². The monoisotopic (exact) mass is 291 g/mol. The van der Waals surface area contributed by atoms with Crippen LogP contribution in [0.1, 0.15) is 12.7 Å². The van der Waals surface area contributed by atoms with Crippen molar-refractivity contribution in [1.29, 1.82) is 0 Å². The molecule has 1 heterocycles. The van der Waals surface area contributed by atoms with Gasteiger partial charge in [-0.25, -0.2) is 0 Å². The van der Waals surface area contributed by atoms with Crippen molar-refractivity contribution in [2.45, 2.75) is 25.2 Å². The second-order valence-corrected chi connectivity index (χ2v) is 5.76. The fourth-order valence-electron chi connectivity index (χ4n) is 1.50. The van der Waals surface area contributed by atoms with Gasteiger partial charge in [0, 0.05) is 6.54 Å². The molecule has 0 aromatic carbocycles. The second-order valence-electron chi connectivity index (χ2n) is 3.91. The van der Waals surface area contributed by atoms with E-state index in [1.165, 1.54) is 0 Å². The minimum absolute atomic E-state index is 0.0551. The van der Waals surface area contributed by atoms with E-state index in [0.29, 0.717) is 23.4 Å². The Morgan fingerprint density at radius 3 is 2.78 bits per heavy atom. The number of rotatable bonds is 8. The number of aliphatic carboxylic acids is 1. The number of carbonyl (C=O) groups is 1. The molecule has 2 N–H and O–H groups in total. The number of hydrogen-bond acceptors (Lipinski definition) is 6. The highest BCUT2D eigenvalue weighted by Gasteiger charge is 2.15. The van der Waals surface area contributed by atoms with Gasteiger partial charge in [0.25, 0.3) is 0 Å². The minimum Gasteiger partial charge on any atom is -0.481 e. The average molecular weight is 291 g/mol. The predicted octanol–water partition coefficient (Wildman–Crippen LogP) is 0.946. The van der Waals surface area contributed by atoms with Crippen molar-refractivity contribution in [1.82, 2.24) is 14.8 Å². The zero-order valence-electron chi connectivity index (χ0n) is 10.4. The van der Waals surface area contributed by atoms with Gasteiger partial charge in [-0.15, -0.1) is 10.2 Å². The maximum absolute atomic E-state index is 10.6. The summed E-state index contributed by atoms with van der Waals surface area (Å²) in [6.45, 7) is 2.60. The van der Waals surface area contributed by atoms with Crippen molar-refractivity contribution in [2.24, 2.45) is 5.92 Å². The van der Waals surface area contributed by atoms with Crippen molar-refractivity contribution in [2.75, 3.05) is 17.8 Å². The molecule has 1 atom stereocenters. The Morgan fingerprint density at radius 2 is 2.22 bits per heavy atom. The molecule has 0 aliphatic carbocycles. The first kappa shape index (κ1) is 15.3. The highest BCUT2D eigenvalue weighted by Crippen LogP contribution is 2.19. The standard InChI is InChI=1S/C10H17N3O3S2/c1-7(5-17-2)3-13-8(4-14)11-12-10(13)18-6-9(15)16/h7,14H,3-6H2,1-2H3,(H,15,16). The number of thioether (sulfide) groups is 2. The molecule has 1 aromatic rings. The third-order valence-electron chi connectivity index (χ3n) is 2.21. The van der Waals surface area contributed by atoms with E-state index in [1.54, 1.807) is 16.3 Å². The molecule has 0 radical (unpaired) electrons. The summed E-state index contributed by atoms with van der Waals surface area (Å²) < 4.78 is 1.80. The van der Waals surface area contributed by atoms with E-state index < -0.39 is 5.97 Å². The Morgan fingerprint density at radius 1 is 1.50 bits per heavy atom. The number of hydrogen-bond donors (Lipinski definition) is 2. The lowest BCUT2D eigenvalue weighted by Crippen LogP contribution is -2.14. The molecule has 0 bridgehead atoms. The van der Waals surface area contributed by atoms with Crippen LogP contribution in [0.15, 0.2) is 5.16 Å². The van der Waals surface area contributed by atoms with E-state index >= 15 is 0 Å². The van der Waals surface area contributed by atoms with E-state index in [0.717, 1.165) is 17.5 Å². The number of carboxylic acids is 1. The smallest absolute Gasteiger partial charge is 0.313 e. The third-order valence-corrected chi connectivity index (χ3v) is 4.06. The average Bonchev–Trinajstić information content (AvgIpc) is 2.69. The van der Waals surface area contributed by atoms with Gasteiger partial charge in [-0.05, 0) is 17.9 Å². The third kappa shape index (κ3) is 4.51. The van der Waals surface area contributed by atoms with Crippen LogP contribution in [0.5, 0.6) is 0 Å². The Kier molecular flexibility index (Phi) is 6.51. The van der Waals surface area contributed by atoms with Crippen molar-refractivity contribution >= 4 is 29.5 Å². The molecule has 102 valence electrons. The highest BCUT2D eigenvalue weighted by molar-refractivity contribution is 7.99. The van der Waals surface area contributed by atoms with Gasteiger partial charge in [0.15, 0.2) is 11.0 Å². The summed E-state index contributed by atoms with van der Waals surface area (Å²) in [5, 5.41) is 26.2. The van der Waals surface area contributed by atoms with Gasteiger partial charge in [0.1, 0.15) is 6.61 Å². The lowest BCUT2D eigenvalue weighted by Gasteiger charge is -2.13. The van der Waals surface area contributed by atoms with Crippen molar-refractivity contribution in [3.05, 3.63) is 5.82 Å². The molecular formula is C10H17N3O3S2. The van der Waals surface area contributed by atoms with Crippen LogP contribution < -0.4 is 0 Å². The maximum Gasteiger partial charge on any atom is 0.313 e. The zero-order valence-corrected chi connectivity index (χ0v) is 12.0. The summed E-state index contributed by atoms with van der Waals surface area (Å²) >= 11 is 2.87. The Balaban J connectivity index is 2.77. The van der Waals surface area contributed by atoms with Gasteiger partial charge in [0.2, 0.25) is 0 Å². The molecule has 0 aliphatic rings. The maximum atomic E-state index is 10.6. The number of carboxylic acid groups (broad SMARTS) is 1. The molecule has 6 nitrogen and oxygen atoms in total. The molecule has 0 aliphatic heterocycles. The van der Waals surface area contributed by atoms with Crippen LogP contribution in [0.4, 0.5) is 0 Å². The largest absolute Gasteiger partial charge is 0.481 e. The lowest BCUT2D eigenvalue weighted by atomic mass is 10.2. The summed E-state index contributed by atoms with van der Waals surface area (Å²) in [7, 11) is 0. The first-order chi connectivity index (χ1) is 8.58. The number of aliphatic hydroxyl groups is 1. The molecule has 0 spiro atoms. The molecule has 0 saturated heterocycles. The van der Waals surface area contributed by atoms with Gasteiger partial charge in [-0.2, -0.15) is 11.8 Å². The Labute approximate surface area is 114 Å². The predicted molar refractivity (Wildman–Crippen MR) is 71.9 cm³/mol.